The number of aliphatic hydroxyl groups excluding tert-OH is 1. The zero-order valence-electron chi connectivity index (χ0n) is 20.8. The first-order chi connectivity index (χ1) is 15.0. The fourth-order valence-corrected chi connectivity index (χ4v) is 9.99. The van der Waals surface area contributed by atoms with Gasteiger partial charge in [-0.15, -0.1) is 4.91 Å². The molecular formula is C28H43NO3. The van der Waals surface area contributed by atoms with Gasteiger partial charge in [0, 0.05) is 5.18 Å². The van der Waals surface area contributed by atoms with E-state index >= 15 is 0 Å². The number of amides is 1. The molecule has 9 atom stereocenters. The van der Waals surface area contributed by atoms with Crippen molar-refractivity contribution in [1.82, 2.24) is 0 Å². The van der Waals surface area contributed by atoms with Gasteiger partial charge in [-0.3, -0.25) is 4.79 Å². The van der Waals surface area contributed by atoms with Crippen LogP contribution in [0.2, 0.25) is 0 Å². The first-order valence-electron chi connectivity index (χ1n) is 13.2. The third kappa shape index (κ3) is 2.93. The van der Waals surface area contributed by atoms with E-state index in [2.05, 4.69) is 45.9 Å². The van der Waals surface area contributed by atoms with Gasteiger partial charge < -0.3 is 5.11 Å². The lowest BCUT2D eigenvalue weighted by molar-refractivity contribution is -0.160. The van der Waals surface area contributed by atoms with Gasteiger partial charge in [-0.25, -0.2) is 0 Å². The second kappa shape index (κ2) is 7.23. The number of aliphatic hydroxyl groups is 1. The van der Waals surface area contributed by atoms with Crippen LogP contribution in [0.4, 0.5) is 0 Å². The monoisotopic (exact) mass is 441 g/mol. The lowest BCUT2D eigenvalue weighted by atomic mass is 9.38. The number of fused-ring (bicyclic) bond motifs is 7. The third-order valence-electron chi connectivity index (χ3n) is 11.9. The molecule has 0 bridgehead atoms. The lowest BCUT2D eigenvalue weighted by Gasteiger charge is -2.66. The van der Waals surface area contributed by atoms with Crippen molar-refractivity contribution < 1.29 is 9.90 Å². The summed E-state index contributed by atoms with van der Waals surface area (Å²) in [6.07, 6.45) is 12.6. The van der Waals surface area contributed by atoms with Crippen molar-refractivity contribution in [1.29, 1.82) is 0 Å². The minimum Gasteiger partial charge on any atom is -0.393 e. The maximum absolute atomic E-state index is 12.9. The molecule has 5 aliphatic rings. The van der Waals surface area contributed by atoms with Gasteiger partial charge >= 0.3 is 0 Å². The molecule has 4 nitrogen and oxygen atoms in total. The van der Waals surface area contributed by atoms with Crippen molar-refractivity contribution >= 4 is 5.91 Å². The van der Waals surface area contributed by atoms with Gasteiger partial charge in [0.15, 0.2) is 0 Å². The van der Waals surface area contributed by atoms with Gasteiger partial charge in [-0.05, 0) is 110 Å². The van der Waals surface area contributed by atoms with Crippen LogP contribution in [-0.2, 0) is 4.79 Å². The van der Waals surface area contributed by atoms with Gasteiger partial charge in [0.25, 0.3) is 5.91 Å². The highest BCUT2D eigenvalue weighted by Gasteiger charge is 2.64. The van der Waals surface area contributed by atoms with Crippen LogP contribution in [0, 0.1) is 56.2 Å². The number of nitroso groups, excluding NO2 is 1. The van der Waals surface area contributed by atoms with E-state index in [1.165, 1.54) is 18.4 Å². The molecular weight excluding hydrogens is 398 g/mol. The molecule has 0 spiro atoms. The fourth-order valence-electron chi connectivity index (χ4n) is 9.99. The van der Waals surface area contributed by atoms with Crippen molar-refractivity contribution in [3.05, 3.63) is 16.6 Å². The Bertz CT molecular complexity index is 848. The maximum Gasteiger partial charge on any atom is 0.293 e. The van der Waals surface area contributed by atoms with Crippen LogP contribution in [0.3, 0.4) is 0 Å². The standard InChI is InChI=1S/C28H43NO3/c1-17-19-8-11-27(5)20-9-13-28(24(31)29-32)15-14-25(2,3)16-21(28)18(20)6-7-23(27)26(19,4)12-10-22(17)30/h6,17,19-23,30H,7-16H2,1-5H3/t17?,19?,20?,21-,22-,23?,26-,27-,28+/m0/s1. The molecule has 4 unspecified atom stereocenters. The normalized spacial score (nSPS) is 51.9. The average Bonchev–Trinajstić information content (AvgIpc) is 2.75. The van der Waals surface area contributed by atoms with Crippen LogP contribution in [0.25, 0.3) is 0 Å². The topological polar surface area (TPSA) is 66.7 Å². The highest BCUT2D eigenvalue weighted by atomic mass is 16.3. The highest BCUT2D eigenvalue weighted by molar-refractivity contribution is 5.84. The van der Waals surface area contributed by atoms with Crippen molar-refractivity contribution in [2.75, 3.05) is 0 Å². The second-order valence-corrected chi connectivity index (χ2v) is 13.7. The molecule has 1 amide bonds. The van der Waals surface area contributed by atoms with Gasteiger partial charge in [0.1, 0.15) is 0 Å². The molecule has 0 aromatic heterocycles. The fraction of sp³-hybridized carbons (Fsp3) is 0.893. The Morgan fingerprint density at radius 1 is 0.969 bits per heavy atom. The summed E-state index contributed by atoms with van der Waals surface area (Å²) in [7, 11) is 0. The van der Waals surface area contributed by atoms with Crippen LogP contribution in [0.1, 0.15) is 98.8 Å². The van der Waals surface area contributed by atoms with Crippen LogP contribution in [-0.4, -0.2) is 17.1 Å². The number of rotatable bonds is 1. The summed E-state index contributed by atoms with van der Waals surface area (Å²) in [6.45, 7) is 12.0. The maximum atomic E-state index is 12.9. The Morgan fingerprint density at radius 2 is 1.69 bits per heavy atom. The Kier molecular flexibility index (Phi) is 5.14. The molecule has 4 saturated carbocycles. The van der Waals surface area contributed by atoms with E-state index in [1.54, 1.807) is 0 Å². The lowest BCUT2D eigenvalue weighted by Crippen LogP contribution is -2.60. The highest BCUT2D eigenvalue weighted by Crippen LogP contribution is 2.70. The largest absolute Gasteiger partial charge is 0.393 e. The number of hydrogen-bond donors (Lipinski definition) is 1. The van der Waals surface area contributed by atoms with Crippen LogP contribution in [0.5, 0.6) is 0 Å². The summed E-state index contributed by atoms with van der Waals surface area (Å²) in [5.41, 5.74) is 1.70. The predicted molar refractivity (Wildman–Crippen MR) is 127 cm³/mol. The van der Waals surface area contributed by atoms with Crippen molar-refractivity contribution in [3.63, 3.8) is 0 Å². The predicted octanol–water partition coefficient (Wildman–Crippen LogP) is 6.66. The third-order valence-corrected chi connectivity index (χ3v) is 11.9. The summed E-state index contributed by atoms with van der Waals surface area (Å²) in [5.74, 6) is 1.96. The summed E-state index contributed by atoms with van der Waals surface area (Å²) in [4.78, 5) is 24.4. The van der Waals surface area contributed by atoms with E-state index in [-0.39, 0.29) is 34.2 Å². The van der Waals surface area contributed by atoms with Gasteiger partial charge in [0.2, 0.25) is 0 Å². The Labute approximate surface area is 194 Å². The number of hydrogen-bond acceptors (Lipinski definition) is 3. The first-order valence-corrected chi connectivity index (χ1v) is 13.2. The van der Waals surface area contributed by atoms with Crippen molar-refractivity contribution in [3.8, 4) is 0 Å². The molecule has 5 aliphatic carbocycles. The van der Waals surface area contributed by atoms with E-state index in [9.17, 15) is 14.8 Å². The van der Waals surface area contributed by atoms with E-state index in [4.69, 9.17) is 0 Å². The summed E-state index contributed by atoms with van der Waals surface area (Å²) in [5, 5.41) is 13.6. The number of nitrogens with zero attached hydrogens (tertiary/aromatic N) is 1. The van der Waals surface area contributed by atoms with E-state index < -0.39 is 5.41 Å². The Morgan fingerprint density at radius 3 is 2.41 bits per heavy atom. The number of carbonyl (C=O) groups excluding carboxylic acids is 1. The number of allylic oxidation sites excluding steroid dienone is 2. The molecule has 0 aliphatic heterocycles. The van der Waals surface area contributed by atoms with Crippen LogP contribution in [0.15, 0.2) is 16.8 Å². The molecule has 0 aromatic carbocycles. The zero-order chi connectivity index (χ0) is 23.1. The molecule has 5 rings (SSSR count). The minimum absolute atomic E-state index is 0.145. The molecule has 0 radical (unpaired) electrons. The molecule has 32 heavy (non-hydrogen) atoms. The van der Waals surface area contributed by atoms with E-state index in [1.807, 2.05) is 0 Å². The summed E-state index contributed by atoms with van der Waals surface area (Å²) in [6, 6.07) is 0. The quantitative estimate of drug-likeness (QED) is 0.365. The minimum atomic E-state index is -0.548. The molecule has 0 saturated heterocycles. The molecule has 1 N–H and O–H groups in total. The van der Waals surface area contributed by atoms with E-state index in [0.717, 1.165) is 51.4 Å². The van der Waals surface area contributed by atoms with Gasteiger partial charge in [-0.2, -0.15) is 0 Å². The zero-order valence-corrected chi connectivity index (χ0v) is 20.8. The molecule has 4 fully saturated rings. The molecule has 0 heterocycles. The molecule has 178 valence electrons. The van der Waals surface area contributed by atoms with Crippen molar-refractivity contribution in [2.24, 2.45) is 56.4 Å². The average molecular weight is 442 g/mol. The SMILES string of the molecule is CC1C2CC[C@@]3(C)C4CC[C@@]5(C(=O)N=O)CCC(C)(C)C[C@H]5C4=CCC3[C@@]2(C)CC[C@@H]1O. The number of carbonyl (C=O) groups is 1. The smallest absolute Gasteiger partial charge is 0.293 e. The summed E-state index contributed by atoms with van der Waals surface area (Å²) >= 11 is 0. The summed E-state index contributed by atoms with van der Waals surface area (Å²) < 4.78 is 0. The Balaban J connectivity index is 1.55. The second-order valence-electron chi connectivity index (χ2n) is 13.7. The van der Waals surface area contributed by atoms with Crippen LogP contribution >= 0.6 is 0 Å². The van der Waals surface area contributed by atoms with Gasteiger partial charge in [0.05, 0.1) is 11.5 Å². The van der Waals surface area contributed by atoms with Crippen LogP contribution < -0.4 is 0 Å². The molecule has 0 aromatic rings. The molecule has 4 heteroatoms. The Hall–Kier alpha value is -1.03. The first kappa shape index (κ1) is 22.7. The van der Waals surface area contributed by atoms with Crippen molar-refractivity contribution in [2.45, 2.75) is 105 Å². The van der Waals surface area contributed by atoms with Gasteiger partial charge in [-0.1, -0.05) is 46.3 Å². The van der Waals surface area contributed by atoms with E-state index in [0.29, 0.717) is 23.7 Å².